The van der Waals surface area contributed by atoms with Gasteiger partial charge >= 0.3 is 5.82 Å². The van der Waals surface area contributed by atoms with Crippen molar-refractivity contribution in [1.82, 2.24) is 9.55 Å². The van der Waals surface area contributed by atoms with Gasteiger partial charge in [0.15, 0.2) is 12.4 Å². The second-order valence-electron chi connectivity index (χ2n) is 4.18. The average molecular weight is 374 g/mol. The van der Waals surface area contributed by atoms with Gasteiger partial charge in [-0.05, 0) is 39.1 Å². The molecule has 9 heteroatoms. The van der Waals surface area contributed by atoms with Crippen LogP contribution in [-0.2, 0) is 11.3 Å². The highest BCUT2D eigenvalue weighted by molar-refractivity contribution is 9.10. The number of amides is 1. The molecule has 0 atom stereocenters. The molecule has 1 aromatic carbocycles. The van der Waals surface area contributed by atoms with Gasteiger partial charge in [0.2, 0.25) is 0 Å². The largest absolute Gasteiger partial charge is 0.358 e. The molecule has 2 rings (SSSR count). The van der Waals surface area contributed by atoms with Crippen LogP contribution in [0, 0.1) is 17.0 Å². The number of benzene rings is 1. The highest BCUT2D eigenvalue weighted by atomic mass is 79.9. The number of aromatic nitrogens is 2. The van der Waals surface area contributed by atoms with Gasteiger partial charge in [0.05, 0.1) is 5.02 Å². The molecule has 1 heterocycles. The minimum absolute atomic E-state index is 0.199. The number of nitrogens with zero attached hydrogens (tertiary/aromatic N) is 3. The number of halogens is 2. The van der Waals surface area contributed by atoms with Crippen LogP contribution in [0.25, 0.3) is 0 Å². The molecule has 2 aromatic rings. The molecule has 0 aliphatic rings. The summed E-state index contributed by atoms with van der Waals surface area (Å²) in [6.45, 7) is 1.40. The first-order chi connectivity index (χ1) is 9.88. The summed E-state index contributed by atoms with van der Waals surface area (Å²) in [5, 5.41) is 13.9. The highest BCUT2D eigenvalue weighted by Gasteiger charge is 2.20. The Morgan fingerprint density at radius 1 is 1.57 bits per heavy atom. The maximum atomic E-state index is 12.0. The third-order valence-corrected chi connectivity index (χ3v) is 3.96. The van der Waals surface area contributed by atoms with Gasteiger partial charge in [-0.3, -0.25) is 4.79 Å². The number of carbonyl (C=O) groups excluding carboxylic acids is 1. The smallest absolute Gasteiger partial charge is 0.343 e. The topological polar surface area (TPSA) is 90.1 Å². The Hall–Kier alpha value is -1.93. The van der Waals surface area contributed by atoms with Gasteiger partial charge < -0.3 is 15.4 Å². The number of aryl methyl sites for hydroxylation is 1. The minimum atomic E-state index is -0.580. The fourth-order valence-electron chi connectivity index (χ4n) is 1.72. The average Bonchev–Trinajstić information content (AvgIpc) is 2.76. The lowest BCUT2D eigenvalue weighted by Crippen LogP contribution is -2.20. The molecule has 0 fully saturated rings. The fourth-order valence-corrected chi connectivity index (χ4v) is 2.14. The minimum Gasteiger partial charge on any atom is -0.358 e. The molecule has 0 radical (unpaired) electrons. The van der Waals surface area contributed by atoms with Crippen LogP contribution >= 0.6 is 27.5 Å². The standard InChI is InChI=1S/C12H10BrClN4O3/c1-7-15-5-12(18(20)21)17(7)6-11(19)16-8-2-3-9(13)10(14)4-8/h2-5H,6H2,1H3,(H,16,19). The summed E-state index contributed by atoms with van der Waals surface area (Å²) in [4.78, 5) is 26.1. The summed E-state index contributed by atoms with van der Waals surface area (Å²) >= 11 is 9.18. The third-order valence-electron chi connectivity index (χ3n) is 2.73. The zero-order valence-electron chi connectivity index (χ0n) is 10.8. The van der Waals surface area contributed by atoms with Crippen LogP contribution in [0.15, 0.2) is 28.9 Å². The van der Waals surface area contributed by atoms with Crippen molar-refractivity contribution < 1.29 is 9.72 Å². The van der Waals surface area contributed by atoms with Gasteiger partial charge in [0.25, 0.3) is 5.91 Å². The summed E-state index contributed by atoms with van der Waals surface area (Å²) in [7, 11) is 0. The number of nitro groups is 1. The van der Waals surface area contributed by atoms with Crippen LogP contribution in [0.4, 0.5) is 11.5 Å². The molecule has 0 spiro atoms. The van der Waals surface area contributed by atoms with E-state index in [1.54, 1.807) is 25.1 Å². The van der Waals surface area contributed by atoms with E-state index in [0.717, 1.165) is 6.20 Å². The van der Waals surface area contributed by atoms with Gasteiger partial charge in [-0.25, -0.2) is 9.55 Å². The Morgan fingerprint density at radius 3 is 2.90 bits per heavy atom. The Balaban J connectivity index is 2.13. The van der Waals surface area contributed by atoms with Crippen LogP contribution < -0.4 is 5.32 Å². The van der Waals surface area contributed by atoms with Gasteiger partial charge in [-0.15, -0.1) is 0 Å². The molecule has 1 amide bonds. The van der Waals surface area contributed by atoms with Crippen LogP contribution in [-0.4, -0.2) is 20.4 Å². The molecule has 1 N–H and O–H groups in total. The van der Waals surface area contributed by atoms with Crippen LogP contribution in [0.1, 0.15) is 5.82 Å². The molecule has 0 saturated carbocycles. The number of carbonyl (C=O) groups is 1. The monoisotopic (exact) mass is 372 g/mol. The zero-order valence-corrected chi connectivity index (χ0v) is 13.2. The number of anilines is 1. The van der Waals surface area contributed by atoms with Crippen molar-refractivity contribution >= 4 is 44.9 Å². The van der Waals surface area contributed by atoms with Crippen LogP contribution in [0.3, 0.4) is 0 Å². The second kappa shape index (κ2) is 6.23. The number of hydrogen-bond acceptors (Lipinski definition) is 4. The van der Waals surface area contributed by atoms with E-state index in [-0.39, 0.29) is 12.4 Å². The molecule has 110 valence electrons. The van der Waals surface area contributed by atoms with E-state index in [0.29, 0.717) is 21.0 Å². The summed E-state index contributed by atoms with van der Waals surface area (Å²) in [6.07, 6.45) is 1.12. The Kier molecular flexibility index (Phi) is 4.59. The zero-order chi connectivity index (χ0) is 15.6. The first kappa shape index (κ1) is 15.5. The molecule has 0 aliphatic heterocycles. The Bertz CT molecular complexity index is 717. The van der Waals surface area contributed by atoms with Gasteiger partial charge in [-0.1, -0.05) is 11.6 Å². The summed E-state index contributed by atoms with van der Waals surface area (Å²) in [6, 6.07) is 4.95. The van der Waals surface area contributed by atoms with E-state index < -0.39 is 10.8 Å². The van der Waals surface area contributed by atoms with E-state index in [2.05, 4.69) is 26.2 Å². The van der Waals surface area contributed by atoms with Crippen molar-refractivity contribution in [2.75, 3.05) is 5.32 Å². The lowest BCUT2D eigenvalue weighted by Gasteiger charge is -2.06. The molecule has 1 aromatic heterocycles. The van der Waals surface area contributed by atoms with Crippen LogP contribution in [0.5, 0.6) is 0 Å². The molecule has 0 unspecified atom stereocenters. The van der Waals surface area contributed by atoms with Crippen molar-refractivity contribution in [2.45, 2.75) is 13.5 Å². The number of hydrogen-bond donors (Lipinski definition) is 1. The van der Waals surface area contributed by atoms with E-state index in [1.165, 1.54) is 4.57 Å². The quantitative estimate of drug-likeness (QED) is 0.658. The van der Waals surface area contributed by atoms with Crippen molar-refractivity contribution in [2.24, 2.45) is 0 Å². The van der Waals surface area contributed by atoms with Crippen molar-refractivity contribution in [3.8, 4) is 0 Å². The first-order valence-corrected chi connectivity index (χ1v) is 6.97. The Labute approximate surface area is 133 Å². The normalized spacial score (nSPS) is 10.4. The first-order valence-electron chi connectivity index (χ1n) is 5.80. The molecular formula is C12H10BrClN4O3. The van der Waals surface area contributed by atoms with Gasteiger partial charge in [0, 0.05) is 17.1 Å². The van der Waals surface area contributed by atoms with E-state index in [4.69, 9.17) is 11.6 Å². The lowest BCUT2D eigenvalue weighted by atomic mass is 10.3. The predicted molar refractivity (Wildman–Crippen MR) is 81.4 cm³/mol. The maximum absolute atomic E-state index is 12.0. The summed E-state index contributed by atoms with van der Waals surface area (Å²) in [5.74, 6) is -0.236. The fraction of sp³-hybridized carbons (Fsp3) is 0.167. The van der Waals surface area contributed by atoms with Gasteiger partial charge in [0.1, 0.15) is 6.20 Å². The number of imidazole rings is 1. The van der Waals surface area contributed by atoms with Crippen molar-refractivity contribution in [3.05, 3.63) is 49.8 Å². The second-order valence-corrected chi connectivity index (χ2v) is 5.45. The van der Waals surface area contributed by atoms with Crippen LogP contribution in [0.2, 0.25) is 5.02 Å². The summed E-state index contributed by atoms with van der Waals surface area (Å²) < 4.78 is 1.94. The number of rotatable bonds is 4. The third kappa shape index (κ3) is 3.59. The molecule has 0 bridgehead atoms. The predicted octanol–water partition coefficient (Wildman–Crippen LogP) is 3.15. The number of nitrogens with one attached hydrogen (secondary N) is 1. The van der Waals surface area contributed by atoms with Crippen molar-refractivity contribution in [3.63, 3.8) is 0 Å². The van der Waals surface area contributed by atoms with Crippen molar-refractivity contribution in [1.29, 1.82) is 0 Å². The van der Waals surface area contributed by atoms with E-state index >= 15 is 0 Å². The molecule has 21 heavy (non-hydrogen) atoms. The summed E-state index contributed by atoms with van der Waals surface area (Å²) in [5.41, 5.74) is 0.508. The van der Waals surface area contributed by atoms with E-state index in [9.17, 15) is 14.9 Å². The molecule has 7 nitrogen and oxygen atoms in total. The lowest BCUT2D eigenvalue weighted by molar-refractivity contribution is -0.392. The Morgan fingerprint density at radius 2 is 2.29 bits per heavy atom. The molecular weight excluding hydrogens is 364 g/mol. The molecule has 0 saturated heterocycles. The highest BCUT2D eigenvalue weighted by Crippen LogP contribution is 2.25. The van der Waals surface area contributed by atoms with E-state index in [1.807, 2.05) is 0 Å². The van der Waals surface area contributed by atoms with Gasteiger partial charge in [-0.2, -0.15) is 0 Å². The molecule has 0 aliphatic carbocycles. The SMILES string of the molecule is Cc1ncc([N+](=O)[O-])n1CC(=O)Nc1ccc(Br)c(Cl)c1. The maximum Gasteiger partial charge on any atom is 0.343 e.